The minimum atomic E-state index is 0.863. The summed E-state index contributed by atoms with van der Waals surface area (Å²) >= 11 is 0. The van der Waals surface area contributed by atoms with Crippen molar-refractivity contribution in [2.24, 2.45) is 0 Å². The normalized spacial score (nSPS) is 41.3. The zero-order valence-corrected chi connectivity index (χ0v) is 9.02. The Labute approximate surface area is 91.1 Å². The number of nitrogens with zero attached hydrogens (tertiary/aromatic N) is 1. The van der Waals surface area contributed by atoms with Crippen molar-refractivity contribution >= 4 is 0 Å². The highest BCUT2D eigenvalue weighted by atomic mass is 15.2. The maximum atomic E-state index is 2.79. The molecule has 0 radical (unpaired) electrons. The van der Waals surface area contributed by atoms with Gasteiger partial charge in [-0.1, -0.05) is 30.7 Å². The number of hydrogen-bond donors (Lipinski definition) is 0. The molecule has 2 fully saturated rings. The van der Waals surface area contributed by atoms with E-state index < -0.39 is 0 Å². The van der Waals surface area contributed by atoms with Gasteiger partial charge < -0.3 is 0 Å². The first-order valence-corrected chi connectivity index (χ1v) is 6.27. The van der Waals surface area contributed by atoms with Crippen molar-refractivity contribution < 1.29 is 0 Å². The molecule has 4 bridgehead atoms. The van der Waals surface area contributed by atoms with Crippen molar-refractivity contribution in [1.29, 1.82) is 0 Å². The summed E-state index contributed by atoms with van der Waals surface area (Å²) in [6.07, 6.45) is 5.78. The number of fused-ring (bicyclic) bond motifs is 2. The largest absolute Gasteiger partial charge is 0.293 e. The molecule has 3 aliphatic rings. The van der Waals surface area contributed by atoms with Crippen LogP contribution in [0.2, 0.25) is 0 Å². The fourth-order valence-corrected chi connectivity index (χ4v) is 4.12. The SMILES string of the molecule is c1ccc2c(c1)CN1C3CCC[C@@H]1[C@@H]2C3. The first-order valence-electron chi connectivity index (χ1n) is 6.27. The fourth-order valence-electron chi connectivity index (χ4n) is 4.12. The Morgan fingerprint density at radius 3 is 3.07 bits per heavy atom. The number of benzene rings is 1. The van der Waals surface area contributed by atoms with Gasteiger partial charge >= 0.3 is 0 Å². The van der Waals surface area contributed by atoms with E-state index in [0.29, 0.717) is 0 Å². The number of piperidine rings is 1. The van der Waals surface area contributed by atoms with Crippen LogP contribution in [0.4, 0.5) is 0 Å². The highest BCUT2D eigenvalue weighted by molar-refractivity contribution is 5.36. The van der Waals surface area contributed by atoms with E-state index in [1.54, 1.807) is 11.1 Å². The molecule has 1 aromatic carbocycles. The topological polar surface area (TPSA) is 3.24 Å². The lowest BCUT2D eigenvalue weighted by Crippen LogP contribution is -2.42. The van der Waals surface area contributed by atoms with Crippen molar-refractivity contribution in [2.45, 2.75) is 50.2 Å². The van der Waals surface area contributed by atoms with Crippen LogP contribution in [0, 0.1) is 0 Å². The second kappa shape index (κ2) is 2.85. The Morgan fingerprint density at radius 1 is 1.13 bits per heavy atom. The molecule has 1 nitrogen and oxygen atoms in total. The second-order valence-corrected chi connectivity index (χ2v) is 5.37. The number of rotatable bonds is 0. The molecule has 0 amide bonds. The van der Waals surface area contributed by atoms with Gasteiger partial charge in [-0.15, -0.1) is 0 Å². The molecule has 0 spiro atoms. The van der Waals surface area contributed by atoms with E-state index in [4.69, 9.17) is 0 Å². The Hall–Kier alpha value is -0.820. The van der Waals surface area contributed by atoms with Crippen molar-refractivity contribution in [3.8, 4) is 0 Å². The third-order valence-corrected chi connectivity index (χ3v) is 4.73. The van der Waals surface area contributed by atoms with Gasteiger partial charge in [0.25, 0.3) is 0 Å². The summed E-state index contributed by atoms with van der Waals surface area (Å²) in [7, 11) is 0. The molecule has 3 heterocycles. The van der Waals surface area contributed by atoms with Crippen LogP contribution >= 0.6 is 0 Å². The minimum Gasteiger partial charge on any atom is -0.293 e. The predicted molar refractivity (Wildman–Crippen MR) is 60.8 cm³/mol. The van der Waals surface area contributed by atoms with Crippen molar-refractivity contribution in [1.82, 2.24) is 4.90 Å². The average molecular weight is 199 g/mol. The maximum Gasteiger partial charge on any atom is 0.0242 e. The summed E-state index contributed by atoms with van der Waals surface area (Å²) in [5, 5.41) is 0. The Bertz CT molecular complexity index is 398. The lowest BCUT2D eigenvalue weighted by molar-refractivity contribution is 0.120. The van der Waals surface area contributed by atoms with Crippen molar-refractivity contribution in [3.05, 3.63) is 35.4 Å². The second-order valence-electron chi connectivity index (χ2n) is 5.37. The zero-order chi connectivity index (χ0) is 9.83. The molecule has 0 aliphatic carbocycles. The van der Waals surface area contributed by atoms with Crippen LogP contribution in [0.5, 0.6) is 0 Å². The van der Waals surface area contributed by atoms with E-state index in [0.717, 1.165) is 18.0 Å². The molecule has 0 saturated carbocycles. The average Bonchev–Trinajstić information content (AvgIpc) is 2.47. The molecule has 1 heteroatoms. The zero-order valence-electron chi connectivity index (χ0n) is 9.02. The Morgan fingerprint density at radius 2 is 2.07 bits per heavy atom. The van der Waals surface area contributed by atoms with E-state index in [1.165, 1.54) is 32.2 Å². The summed E-state index contributed by atoms with van der Waals surface area (Å²) in [4.78, 5) is 2.79. The van der Waals surface area contributed by atoms with Crippen LogP contribution in [0.1, 0.15) is 42.7 Å². The van der Waals surface area contributed by atoms with E-state index >= 15 is 0 Å². The van der Waals surface area contributed by atoms with Gasteiger partial charge in [0.05, 0.1) is 0 Å². The molecular weight excluding hydrogens is 182 g/mol. The molecule has 4 atom stereocenters. The fraction of sp³-hybridized carbons (Fsp3) is 0.571. The Balaban J connectivity index is 1.85. The summed E-state index contributed by atoms with van der Waals surface area (Å²) < 4.78 is 0. The Kier molecular flexibility index (Phi) is 1.59. The van der Waals surface area contributed by atoms with Crippen LogP contribution < -0.4 is 0 Å². The molecule has 15 heavy (non-hydrogen) atoms. The van der Waals surface area contributed by atoms with Crippen LogP contribution in [0.15, 0.2) is 24.3 Å². The molecule has 78 valence electrons. The summed E-state index contributed by atoms with van der Waals surface area (Å²) in [6, 6.07) is 10.9. The molecule has 4 rings (SSSR count). The van der Waals surface area contributed by atoms with E-state index in [1.807, 2.05) is 0 Å². The monoisotopic (exact) mass is 199 g/mol. The summed E-state index contributed by atoms with van der Waals surface area (Å²) in [5.74, 6) is 0.863. The molecule has 3 aliphatic heterocycles. The van der Waals surface area contributed by atoms with Gasteiger partial charge in [-0.05, 0) is 30.4 Å². The summed E-state index contributed by atoms with van der Waals surface area (Å²) in [6.45, 7) is 1.22. The lowest BCUT2D eigenvalue weighted by atomic mass is 9.84. The minimum absolute atomic E-state index is 0.863. The van der Waals surface area contributed by atoms with Gasteiger partial charge in [0.1, 0.15) is 0 Å². The van der Waals surface area contributed by atoms with Gasteiger partial charge in [-0.3, -0.25) is 4.90 Å². The van der Waals surface area contributed by atoms with Crippen LogP contribution in [0.3, 0.4) is 0 Å². The molecular formula is C14H17N. The first-order chi connectivity index (χ1) is 7.43. The molecule has 1 aromatic rings. The molecule has 0 aromatic heterocycles. The molecule has 2 unspecified atom stereocenters. The predicted octanol–water partition coefficient (Wildman–Crippen LogP) is 2.91. The van der Waals surface area contributed by atoms with Crippen molar-refractivity contribution in [2.75, 3.05) is 0 Å². The standard InChI is InChI=1S/C14H17N/c1-2-6-12-10(4-1)9-15-11-5-3-7-14(15)13(12)8-11/h1-2,4,6,11,13-14H,3,5,7-9H2/t11?,13-,14-/m1/s1. The third-order valence-electron chi connectivity index (χ3n) is 4.73. The maximum absolute atomic E-state index is 2.79. The smallest absolute Gasteiger partial charge is 0.0242 e. The summed E-state index contributed by atoms with van der Waals surface area (Å²) in [5.41, 5.74) is 3.27. The van der Waals surface area contributed by atoms with E-state index in [2.05, 4.69) is 29.2 Å². The highest BCUT2D eigenvalue weighted by Crippen LogP contribution is 2.49. The van der Waals surface area contributed by atoms with Gasteiger partial charge in [0.15, 0.2) is 0 Å². The first kappa shape index (κ1) is 8.35. The molecule has 2 saturated heterocycles. The number of hydrogen-bond acceptors (Lipinski definition) is 1. The van der Waals surface area contributed by atoms with E-state index in [-0.39, 0.29) is 0 Å². The van der Waals surface area contributed by atoms with Crippen LogP contribution in [0.25, 0.3) is 0 Å². The van der Waals surface area contributed by atoms with Gasteiger partial charge in [0.2, 0.25) is 0 Å². The lowest BCUT2D eigenvalue weighted by Gasteiger charge is -2.39. The highest BCUT2D eigenvalue weighted by Gasteiger charge is 2.47. The van der Waals surface area contributed by atoms with E-state index in [9.17, 15) is 0 Å². The van der Waals surface area contributed by atoms with Gasteiger partial charge in [0, 0.05) is 24.5 Å². The van der Waals surface area contributed by atoms with Crippen molar-refractivity contribution in [3.63, 3.8) is 0 Å². The quantitative estimate of drug-likeness (QED) is 0.621. The van der Waals surface area contributed by atoms with Crippen LogP contribution in [-0.2, 0) is 6.54 Å². The van der Waals surface area contributed by atoms with Crippen LogP contribution in [-0.4, -0.2) is 17.0 Å². The van der Waals surface area contributed by atoms with Gasteiger partial charge in [-0.25, -0.2) is 0 Å². The third kappa shape index (κ3) is 1.02. The molecule has 0 N–H and O–H groups in total. The van der Waals surface area contributed by atoms with Gasteiger partial charge in [-0.2, -0.15) is 0 Å².